The van der Waals surface area contributed by atoms with Gasteiger partial charge in [-0.05, 0) is 66.9 Å². The number of esters is 1. The number of hydrogen-bond acceptors (Lipinski definition) is 7. The summed E-state index contributed by atoms with van der Waals surface area (Å²) in [5.74, 6) is 1.02. The van der Waals surface area contributed by atoms with Crippen molar-refractivity contribution >= 4 is 23.6 Å². The molecule has 0 bridgehead atoms. The molecule has 3 aliphatic rings. The van der Waals surface area contributed by atoms with Crippen molar-refractivity contribution in [3.8, 4) is 0 Å². The molecular formula is C30H50N5O4+. The predicted octanol–water partition coefficient (Wildman–Crippen LogP) is 4.62. The molecule has 1 amide bonds. The first-order chi connectivity index (χ1) is 18.5. The van der Waals surface area contributed by atoms with Crippen LogP contribution in [0.25, 0.3) is 0 Å². The van der Waals surface area contributed by atoms with Gasteiger partial charge >= 0.3 is 12.1 Å². The first-order valence-electron chi connectivity index (χ1n) is 15.0. The summed E-state index contributed by atoms with van der Waals surface area (Å²) < 4.78 is 12.0. The Hall–Kier alpha value is -2.39. The van der Waals surface area contributed by atoms with Crippen LogP contribution in [-0.4, -0.2) is 85.5 Å². The maximum absolute atomic E-state index is 13.1. The van der Waals surface area contributed by atoms with Crippen LogP contribution in [0, 0.1) is 12.3 Å². The zero-order valence-electron chi connectivity index (χ0n) is 25.0. The minimum absolute atomic E-state index is 0.166. The molecule has 3 fully saturated rings. The van der Waals surface area contributed by atoms with Crippen LogP contribution in [0.3, 0.4) is 0 Å². The molecule has 3 saturated heterocycles. The number of quaternary nitrogens is 1. The normalized spacial score (nSPS) is 26.9. The van der Waals surface area contributed by atoms with Gasteiger partial charge in [-0.3, -0.25) is 9.28 Å². The van der Waals surface area contributed by atoms with E-state index in [2.05, 4.69) is 36.6 Å². The van der Waals surface area contributed by atoms with E-state index in [0.29, 0.717) is 57.6 Å². The molecule has 1 aromatic rings. The Labute approximate surface area is 234 Å². The number of amides is 1. The fourth-order valence-corrected chi connectivity index (χ4v) is 6.89. The van der Waals surface area contributed by atoms with Gasteiger partial charge in [0.25, 0.3) is 0 Å². The van der Waals surface area contributed by atoms with Crippen molar-refractivity contribution in [3.05, 3.63) is 17.8 Å². The first kappa shape index (κ1) is 29.6. The molecule has 1 unspecified atom stereocenters. The summed E-state index contributed by atoms with van der Waals surface area (Å²) in [6.07, 6.45) is 5.15. The third kappa shape index (κ3) is 6.35. The van der Waals surface area contributed by atoms with Crippen LogP contribution in [0.5, 0.6) is 0 Å². The minimum atomic E-state index is -0.613. The smallest absolute Gasteiger partial charge is 0.410 e. The molecule has 0 spiro atoms. The van der Waals surface area contributed by atoms with E-state index < -0.39 is 11.0 Å². The highest BCUT2D eigenvalue weighted by atomic mass is 16.6. The lowest BCUT2D eigenvalue weighted by molar-refractivity contribution is -0.159. The number of aromatic nitrogens is 1. The third-order valence-electron chi connectivity index (χ3n) is 9.12. The van der Waals surface area contributed by atoms with E-state index in [9.17, 15) is 9.59 Å². The van der Waals surface area contributed by atoms with Crippen molar-refractivity contribution in [2.24, 2.45) is 5.41 Å². The number of hydrogen-bond donors (Lipinski definition) is 2. The Morgan fingerprint density at radius 2 is 1.97 bits per heavy atom. The molecule has 4 rings (SSSR count). The molecule has 0 saturated carbocycles. The number of ether oxygens (including phenoxy) is 2. The van der Waals surface area contributed by atoms with E-state index in [1.165, 1.54) is 25.1 Å². The second kappa shape index (κ2) is 12.0. The molecule has 2 N–H and O–H groups in total. The summed E-state index contributed by atoms with van der Waals surface area (Å²) in [5, 5.41) is 7.13. The number of pyridine rings is 1. The molecular weight excluding hydrogens is 494 g/mol. The summed E-state index contributed by atoms with van der Waals surface area (Å²) in [5.41, 5.74) is 0.859. The Morgan fingerprint density at radius 3 is 2.54 bits per heavy atom. The number of anilines is 1. The highest BCUT2D eigenvalue weighted by Crippen LogP contribution is 2.40. The van der Waals surface area contributed by atoms with Gasteiger partial charge in [0.05, 0.1) is 36.0 Å². The fraction of sp³-hybridized carbons (Fsp3) is 0.767. The van der Waals surface area contributed by atoms with E-state index in [-0.39, 0.29) is 12.1 Å². The van der Waals surface area contributed by atoms with Gasteiger partial charge in [-0.25, -0.2) is 4.79 Å². The third-order valence-corrected chi connectivity index (χ3v) is 9.12. The zero-order chi connectivity index (χ0) is 28.3. The van der Waals surface area contributed by atoms with Gasteiger partial charge in [0.15, 0.2) is 0 Å². The van der Waals surface area contributed by atoms with Crippen LogP contribution in [-0.2, 0) is 14.3 Å². The Kier molecular flexibility index (Phi) is 9.11. The number of nitrogens with one attached hydrogen (secondary N) is 2. The second-order valence-electron chi connectivity index (χ2n) is 12.7. The Bertz CT molecular complexity index is 1010. The van der Waals surface area contributed by atoms with Crippen LogP contribution in [0.15, 0.2) is 12.1 Å². The molecule has 4 heterocycles. The van der Waals surface area contributed by atoms with Crippen LogP contribution in [0.1, 0.15) is 78.8 Å². The summed E-state index contributed by atoms with van der Waals surface area (Å²) >= 11 is 0. The van der Waals surface area contributed by atoms with Gasteiger partial charge in [0.2, 0.25) is 5.82 Å². The number of piperidine rings is 1. The van der Waals surface area contributed by atoms with Crippen molar-refractivity contribution in [1.82, 2.24) is 19.7 Å². The molecule has 3 atom stereocenters. The monoisotopic (exact) mass is 544 g/mol. The molecule has 3 aliphatic heterocycles. The van der Waals surface area contributed by atoms with Gasteiger partial charge in [0, 0.05) is 58.1 Å². The largest absolute Gasteiger partial charge is 0.466 e. The lowest BCUT2D eigenvalue weighted by Gasteiger charge is -2.42. The van der Waals surface area contributed by atoms with Gasteiger partial charge in [-0.2, -0.15) is 4.98 Å². The summed E-state index contributed by atoms with van der Waals surface area (Å²) in [6, 6.07) is 5.56. The van der Waals surface area contributed by atoms with Crippen molar-refractivity contribution in [2.45, 2.75) is 97.8 Å². The average molecular weight is 545 g/mol. The average Bonchev–Trinajstić information content (AvgIpc) is 3.55. The standard InChI is InChI=1S/C30H50N5O4/c1-7-38-27(36)30(14-18-34(19-15-30)28(37)39-29(4,5)6)13-17-32-25-10-11-26(33-23(25)3)35(20-8-9-22(35)2)24-12-16-31-21-24/h10-11,22,24,31-32H,7-9,12-21H2,1-6H3/q+1/t22-,24+,35?/m0/s1. The Morgan fingerprint density at radius 1 is 1.23 bits per heavy atom. The lowest BCUT2D eigenvalue weighted by Crippen LogP contribution is -2.60. The lowest BCUT2D eigenvalue weighted by atomic mass is 9.75. The van der Waals surface area contributed by atoms with Crippen LogP contribution in [0.4, 0.5) is 16.3 Å². The second-order valence-corrected chi connectivity index (χ2v) is 12.7. The van der Waals surface area contributed by atoms with Crippen molar-refractivity contribution in [3.63, 3.8) is 0 Å². The number of rotatable bonds is 8. The highest BCUT2D eigenvalue weighted by molar-refractivity contribution is 5.78. The summed E-state index contributed by atoms with van der Waals surface area (Å²) in [6.45, 7) is 17.2. The molecule has 1 aromatic heterocycles. The van der Waals surface area contributed by atoms with Gasteiger partial charge in [0.1, 0.15) is 11.6 Å². The minimum Gasteiger partial charge on any atom is -0.466 e. The molecule has 39 heavy (non-hydrogen) atoms. The summed E-state index contributed by atoms with van der Waals surface area (Å²) in [4.78, 5) is 32.6. The first-order valence-corrected chi connectivity index (χ1v) is 15.0. The van der Waals surface area contributed by atoms with E-state index in [1.807, 2.05) is 27.7 Å². The predicted molar refractivity (Wildman–Crippen MR) is 155 cm³/mol. The van der Waals surface area contributed by atoms with Crippen LogP contribution < -0.4 is 15.1 Å². The summed E-state index contributed by atoms with van der Waals surface area (Å²) in [7, 11) is 0. The van der Waals surface area contributed by atoms with E-state index in [0.717, 1.165) is 35.5 Å². The number of carbonyl (C=O) groups is 2. The molecule has 9 nitrogen and oxygen atoms in total. The number of nitrogens with zero attached hydrogens (tertiary/aromatic N) is 3. The zero-order valence-corrected chi connectivity index (χ0v) is 25.0. The van der Waals surface area contributed by atoms with E-state index in [1.54, 1.807) is 4.90 Å². The van der Waals surface area contributed by atoms with E-state index in [4.69, 9.17) is 14.5 Å². The van der Waals surface area contributed by atoms with Crippen molar-refractivity contribution in [1.29, 1.82) is 0 Å². The molecule has 0 radical (unpaired) electrons. The van der Waals surface area contributed by atoms with Crippen LogP contribution >= 0.6 is 0 Å². The van der Waals surface area contributed by atoms with Crippen molar-refractivity contribution in [2.75, 3.05) is 51.2 Å². The van der Waals surface area contributed by atoms with Crippen LogP contribution in [0.2, 0.25) is 0 Å². The molecule has 0 aliphatic carbocycles. The quantitative estimate of drug-likeness (QED) is 0.364. The maximum Gasteiger partial charge on any atom is 0.410 e. The van der Waals surface area contributed by atoms with Crippen molar-refractivity contribution < 1.29 is 19.1 Å². The van der Waals surface area contributed by atoms with Gasteiger partial charge in [-0.15, -0.1) is 0 Å². The fourth-order valence-electron chi connectivity index (χ4n) is 6.89. The molecule has 9 heteroatoms. The highest BCUT2D eigenvalue weighted by Gasteiger charge is 2.49. The molecule has 0 aromatic carbocycles. The number of likely N-dealkylation sites (tertiary alicyclic amines) is 2. The van der Waals surface area contributed by atoms with E-state index >= 15 is 0 Å². The maximum atomic E-state index is 13.1. The number of carbonyl (C=O) groups excluding carboxylic acids is 2. The SMILES string of the molecule is CCOC(=O)C1(CCNc2ccc([N+]3([C@@H]4CCNC4)CCC[C@@H]3C)nc2C)CCN(C(=O)OC(C)(C)C)CC1. The van der Waals surface area contributed by atoms with Gasteiger partial charge < -0.3 is 25.0 Å². The number of aryl methyl sites for hydroxylation is 1. The topological polar surface area (TPSA) is 92.8 Å². The Balaban J connectivity index is 1.42. The molecule has 218 valence electrons. The van der Waals surface area contributed by atoms with Gasteiger partial charge in [-0.1, -0.05) is 0 Å².